The van der Waals surface area contributed by atoms with Gasteiger partial charge in [0.2, 0.25) is 5.91 Å². The number of benzene rings is 1. The molecule has 20 heavy (non-hydrogen) atoms. The fourth-order valence-electron chi connectivity index (χ4n) is 3.44. The lowest BCUT2D eigenvalue weighted by molar-refractivity contribution is -0.134. The molecule has 1 aliphatic heterocycles. The number of aryl methyl sites for hydroxylation is 1. The maximum atomic E-state index is 12.6. The van der Waals surface area contributed by atoms with Crippen LogP contribution in [0.15, 0.2) is 24.3 Å². The molecule has 4 heteroatoms. The van der Waals surface area contributed by atoms with E-state index in [1.54, 1.807) is 0 Å². The van der Waals surface area contributed by atoms with Gasteiger partial charge in [-0.1, -0.05) is 24.3 Å². The topological polar surface area (TPSA) is 52.6 Å². The fourth-order valence-corrected chi connectivity index (χ4v) is 3.44. The fraction of sp³-hybridized carbons (Fsp3) is 0.562. The highest BCUT2D eigenvalue weighted by atomic mass is 16.3. The number of nitrogens with one attached hydrogen (secondary N) is 1. The van der Waals surface area contributed by atoms with Crippen LogP contribution in [-0.2, 0) is 11.2 Å². The highest BCUT2D eigenvalue weighted by Crippen LogP contribution is 2.34. The molecule has 0 spiro atoms. The predicted octanol–water partition coefficient (Wildman–Crippen LogP) is 1.25. The Morgan fingerprint density at radius 2 is 2.20 bits per heavy atom. The van der Waals surface area contributed by atoms with Crippen LogP contribution in [0, 0.1) is 0 Å². The molecule has 3 rings (SSSR count). The van der Waals surface area contributed by atoms with Gasteiger partial charge in [0.05, 0.1) is 18.2 Å². The normalized spacial score (nSPS) is 29.0. The molecule has 0 radical (unpaired) electrons. The summed E-state index contributed by atoms with van der Waals surface area (Å²) in [5, 5.41) is 12.7. The molecular weight excluding hydrogens is 252 g/mol. The smallest absolute Gasteiger partial charge is 0.240 e. The maximum Gasteiger partial charge on any atom is 0.240 e. The monoisotopic (exact) mass is 274 g/mol. The van der Waals surface area contributed by atoms with Crippen LogP contribution in [0.2, 0.25) is 0 Å². The van der Waals surface area contributed by atoms with E-state index in [2.05, 4.69) is 23.5 Å². The molecule has 3 unspecified atom stereocenters. The molecule has 0 saturated carbocycles. The molecule has 1 amide bonds. The largest absolute Gasteiger partial charge is 0.392 e. The molecule has 1 saturated heterocycles. The maximum absolute atomic E-state index is 12.6. The van der Waals surface area contributed by atoms with E-state index in [0.29, 0.717) is 13.0 Å². The van der Waals surface area contributed by atoms with Crippen molar-refractivity contribution in [2.75, 3.05) is 13.6 Å². The predicted molar refractivity (Wildman–Crippen MR) is 77.3 cm³/mol. The molecule has 1 aromatic rings. The number of β-amino-alcohol motifs (C(OH)–C–C–N with tert-alkyl or cyclic N) is 1. The van der Waals surface area contributed by atoms with E-state index in [1.807, 2.05) is 18.0 Å². The van der Waals surface area contributed by atoms with Crippen molar-refractivity contribution >= 4 is 5.91 Å². The third kappa shape index (κ3) is 2.45. The van der Waals surface area contributed by atoms with Crippen molar-refractivity contribution in [3.8, 4) is 0 Å². The molecule has 4 nitrogen and oxygen atoms in total. The summed E-state index contributed by atoms with van der Waals surface area (Å²) < 4.78 is 0. The Morgan fingerprint density at radius 1 is 1.40 bits per heavy atom. The third-order valence-electron chi connectivity index (χ3n) is 4.56. The van der Waals surface area contributed by atoms with Crippen molar-refractivity contribution in [2.45, 2.75) is 43.9 Å². The van der Waals surface area contributed by atoms with Crippen LogP contribution in [-0.4, -0.2) is 41.7 Å². The minimum absolute atomic E-state index is 0.100. The zero-order valence-corrected chi connectivity index (χ0v) is 11.9. The SMILES string of the molecule is CN(C(=O)C1CC(O)CN1)C1CCCc2ccccc21. The van der Waals surface area contributed by atoms with Crippen LogP contribution >= 0.6 is 0 Å². The first-order chi connectivity index (χ1) is 9.66. The summed E-state index contributed by atoms with van der Waals surface area (Å²) in [4.78, 5) is 14.4. The Labute approximate surface area is 119 Å². The van der Waals surface area contributed by atoms with Crippen molar-refractivity contribution in [1.29, 1.82) is 0 Å². The van der Waals surface area contributed by atoms with Gasteiger partial charge in [0.1, 0.15) is 0 Å². The summed E-state index contributed by atoms with van der Waals surface area (Å²) >= 11 is 0. The van der Waals surface area contributed by atoms with Crippen molar-refractivity contribution < 1.29 is 9.90 Å². The van der Waals surface area contributed by atoms with E-state index in [0.717, 1.165) is 19.3 Å². The molecule has 108 valence electrons. The number of hydrogen-bond donors (Lipinski definition) is 2. The Balaban J connectivity index is 1.78. The molecule has 2 N–H and O–H groups in total. The van der Waals surface area contributed by atoms with Gasteiger partial charge in [0.15, 0.2) is 0 Å². The number of rotatable bonds is 2. The average molecular weight is 274 g/mol. The second-order valence-corrected chi connectivity index (χ2v) is 5.91. The van der Waals surface area contributed by atoms with E-state index in [9.17, 15) is 9.90 Å². The van der Waals surface area contributed by atoms with Crippen molar-refractivity contribution in [3.05, 3.63) is 35.4 Å². The molecule has 0 bridgehead atoms. The summed E-state index contributed by atoms with van der Waals surface area (Å²) in [7, 11) is 1.89. The first kappa shape index (κ1) is 13.6. The Hall–Kier alpha value is -1.39. The molecule has 1 aliphatic carbocycles. The Bertz CT molecular complexity index is 503. The minimum Gasteiger partial charge on any atom is -0.392 e. The molecule has 1 fully saturated rings. The molecule has 0 aromatic heterocycles. The van der Waals surface area contributed by atoms with E-state index >= 15 is 0 Å². The van der Waals surface area contributed by atoms with Crippen LogP contribution in [0.25, 0.3) is 0 Å². The van der Waals surface area contributed by atoms with Crippen molar-refractivity contribution in [1.82, 2.24) is 10.2 Å². The second-order valence-electron chi connectivity index (χ2n) is 5.91. The summed E-state index contributed by atoms with van der Waals surface area (Å²) in [5.74, 6) is 0.100. The number of amides is 1. The molecule has 1 heterocycles. The summed E-state index contributed by atoms with van der Waals surface area (Å²) in [6, 6.07) is 8.36. The van der Waals surface area contributed by atoms with E-state index < -0.39 is 6.10 Å². The number of carbonyl (C=O) groups is 1. The number of carbonyl (C=O) groups excluding carboxylic acids is 1. The highest BCUT2D eigenvalue weighted by Gasteiger charge is 2.34. The molecule has 1 aromatic carbocycles. The van der Waals surface area contributed by atoms with Gasteiger partial charge < -0.3 is 15.3 Å². The van der Waals surface area contributed by atoms with Crippen LogP contribution < -0.4 is 5.32 Å². The van der Waals surface area contributed by atoms with Gasteiger partial charge in [0.25, 0.3) is 0 Å². The number of nitrogens with zero attached hydrogens (tertiary/aromatic N) is 1. The van der Waals surface area contributed by atoms with Gasteiger partial charge in [-0.05, 0) is 36.8 Å². The lowest BCUT2D eigenvalue weighted by Gasteiger charge is -2.34. The molecule has 3 atom stereocenters. The van der Waals surface area contributed by atoms with Crippen LogP contribution in [0.1, 0.15) is 36.4 Å². The number of aliphatic hydroxyl groups excluding tert-OH is 1. The summed E-state index contributed by atoms with van der Waals surface area (Å²) in [6.07, 6.45) is 3.39. The van der Waals surface area contributed by atoms with Gasteiger partial charge in [-0.15, -0.1) is 0 Å². The molecular formula is C16H22N2O2. The standard InChI is InChI=1S/C16H22N2O2/c1-18(16(20)14-9-12(19)10-17-14)15-8-4-6-11-5-2-3-7-13(11)15/h2-3,5,7,12,14-15,17,19H,4,6,8-10H2,1H3. The highest BCUT2D eigenvalue weighted by molar-refractivity contribution is 5.82. The van der Waals surface area contributed by atoms with E-state index in [4.69, 9.17) is 0 Å². The Kier molecular flexibility index (Phi) is 3.76. The van der Waals surface area contributed by atoms with Gasteiger partial charge in [-0.2, -0.15) is 0 Å². The van der Waals surface area contributed by atoms with Crippen molar-refractivity contribution in [2.24, 2.45) is 0 Å². The Morgan fingerprint density at radius 3 is 2.95 bits per heavy atom. The number of fused-ring (bicyclic) bond motifs is 1. The zero-order chi connectivity index (χ0) is 14.1. The average Bonchev–Trinajstić information content (AvgIpc) is 2.91. The van der Waals surface area contributed by atoms with Gasteiger partial charge in [-0.25, -0.2) is 0 Å². The van der Waals surface area contributed by atoms with E-state index in [-0.39, 0.29) is 18.0 Å². The van der Waals surface area contributed by atoms with Crippen molar-refractivity contribution in [3.63, 3.8) is 0 Å². The van der Waals surface area contributed by atoms with Crippen LogP contribution in [0.3, 0.4) is 0 Å². The summed E-state index contributed by atoms with van der Waals surface area (Å²) in [6.45, 7) is 0.519. The number of hydrogen-bond acceptors (Lipinski definition) is 3. The van der Waals surface area contributed by atoms with E-state index in [1.165, 1.54) is 11.1 Å². The molecule has 2 aliphatic rings. The second kappa shape index (κ2) is 5.54. The number of aliphatic hydroxyl groups is 1. The van der Waals surface area contributed by atoms with Gasteiger partial charge in [0, 0.05) is 13.6 Å². The van der Waals surface area contributed by atoms with Gasteiger partial charge >= 0.3 is 0 Å². The minimum atomic E-state index is -0.393. The van der Waals surface area contributed by atoms with Crippen LogP contribution in [0.5, 0.6) is 0 Å². The first-order valence-corrected chi connectivity index (χ1v) is 7.42. The van der Waals surface area contributed by atoms with Gasteiger partial charge in [-0.3, -0.25) is 4.79 Å². The van der Waals surface area contributed by atoms with Crippen LogP contribution in [0.4, 0.5) is 0 Å². The lowest BCUT2D eigenvalue weighted by atomic mass is 9.87. The zero-order valence-electron chi connectivity index (χ0n) is 11.9. The quantitative estimate of drug-likeness (QED) is 0.853. The third-order valence-corrected chi connectivity index (χ3v) is 4.56. The summed E-state index contributed by atoms with van der Waals surface area (Å²) in [5.41, 5.74) is 2.65. The first-order valence-electron chi connectivity index (χ1n) is 7.42. The lowest BCUT2D eigenvalue weighted by Crippen LogP contribution is -2.43. The number of likely N-dealkylation sites (N-methyl/N-ethyl adjacent to an activating group) is 1.